The molecular weight excluding hydrogens is 304 g/mol. The van der Waals surface area contributed by atoms with Crippen LogP contribution in [-0.2, 0) is 13.6 Å². The topological polar surface area (TPSA) is 69.0 Å². The fraction of sp³-hybridized carbons (Fsp3) is 0.167. The minimum Gasteiger partial charge on any atom is -0.497 e. The molecule has 0 fully saturated rings. The van der Waals surface area contributed by atoms with Crippen LogP contribution in [0.5, 0.6) is 5.75 Å². The van der Waals surface area contributed by atoms with Gasteiger partial charge in [0.1, 0.15) is 11.4 Å². The lowest BCUT2D eigenvalue weighted by atomic mass is 10.0. The molecule has 6 heteroatoms. The zero-order valence-corrected chi connectivity index (χ0v) is 13.6. The highest BCUT2D eigenvalue weighted by Gasteiger charge is 2.10. The van der Waals surface area contributed by atoms with Crippen molar-refractivity contribution in [1.82, 2.24) is 20.3 Å². The van der Waals surface area contributed by atoms with Crippen molar-refractivity contribution in [3.8, 4) is 16.9 Å². The van der Waals surface area contributed by atoms with Gasteiger partial charge in [-0.15, -0.1) is 5.10 Å². The molecule has 24 heavy (non-hydrogen) atoms. The average Bonchev–Trinajstić information content (AvgIpc) is 3.06. The summed E-state index contributed by atoms with van der Waals surface area (Å²) in [7, 11) is 3.34. The lowest BCUT2D eigenvalue weighted by molar-refractivity contribution is 0.0941. The Morgan fingerprint density at radius 1 is 1.17 bits per heavy atom. The normalized spacial score (nSPS) is 10.4. The molecule has 1 aromatic heterocycles. The molecule has 1 heterocycles. The van der Waals surface area contributed by atoms with Crippen molar-refractivity contribution in [2.75, 3.05) is 7.11 Å². The number of aromatic nitrogens is 3. The number of carbonyl (C=O) groups is 1. The number of ether oxygens (including phenoxy) is 1. The van der Waals surface area contributed by atoms with Gasteiger partial charge in [-0.3, -0.25) is 4.79 Å². The minimum absolute atomic E-state index is 0.195. The molecule has 2 aromatic carbocycles. The van der Waals surface area contributed by atoms with E-state index in [1.54, 1.807) is 14.2 Å². The summed E-state index contributed by atoms with van der Waals surface area (Å²) in [4.78, 5) is 12.0. The largest absolute Gasteiger partial charge is 0.497 e. The molecule has 6 nitrogen and oxygen atoms in total. The van der Waals surface area contributed by atoms with Crippen LogP contribution in [0.25, 0.3) is 11.1 Å². The predicted octanol–water partition coefficient (Wildman–Crippen LogP) is 2.42. The standard InChI is InChI=1S/C18H18N4O2/c1-22-17(12-20-21-22)18(23)19-11-13-6-8-14(9-7-13)15-4-3-5-16(10-15)24-2/h3-10,12H,11H2,1-2H3,(H,19,23). The van der Waals surface area contributed by atoms with E-state index in [2.05, 4.69) is 15.6 Å². The van der Waals surface area contributed by atoms with Crippen molar-refractivity contribution < 1.29 is 9.53 Å². The number of amides is 1. The second kappa shape index (κ2) is 6.95. The van der Waals surface area contributed by atoms with E-state index in [9.17, 15) is 4.79 Å². The van der Waals surface area contributed by atoms with Crippen LogP contribution in [-0.4, -0.2) is 28.0 Å². The number of nitrogens with zero attached hydrogens (tertiary/aromatic N) is 3. The summed E-state index contributed by atoms with van der Waals surface area (Å²) in [5.74, 6) is 0.632. The highest BCUT2D eigenvalue weighted by atomic mass is 16.5. The van der Waals surface area contributed by atoms with E-state index in [0.717, 1.165) is 22.4 Å². The second-order valence-electron chi connectivity index (χ2n) is 5.35. The molecule has 0 aliphatic rings. The lowest BCUT2D eigenvalue weighted by Gasteiger charge is -2.08. The Balaban J connectivity index is 1.66. The molecule has 0 aliphatic carbocycles. The number of benzene rings is 2. The van der Waals surface area contributed by atoms with Crippen LogP contribution in [0.3, 0.4) is 0 Å². The van der Waals surface area contributed by atoms with Gasteiger partial charge in [0.25, 0.3) is 5.91 Å². The van der Waals surface area contributed by atoms with Gasteiger partial charge in [0.05, 0.1) is 13.3 Å². The smallest absolute Gasteiger partial charge is 0.271 e. The van der Waals surface area contributed by atoms with Gasteiger partial charge in [-0.05, 0) is 28.8 Å². The summed E-state index contributed by atoms with van der Waals surface area (Å²) in [5, 5.41) is 10.3. The zero-order chi connectivity index (χ0) is 16.9. The first-order valence-corrected chi connectivity index (χ1v) is 7.53. The number of carbonyl (C=O) groups excluding carboxylic acids is 1. The average molecular weight is 322 g/mol. The molecule has 0 spiro atoms. The van der Waals surface area contributed by atoms with Crippen molar-refractivity contribution in [2.45, 2.75) is 6.54 Å². The van der Waals surface area contributed by atoms with E-state index in [1.807, 2.05) is 48.5 Å². The maximum atomic E-state index is 12.0. The molecule has 0 atom stereocenters. The molecule has 0 aliphatic heterocycles. The van der Waals surface area contributed by atoms with Crippen molar-refractivity contribution in [1.29, 1.82) is 0 Å². The third-order valence-electron chi connectivity index (χ3n) is 3.76. The Hall–Kier alpha value is -3.15. The summed E-state index contributed by atoms with van der Waals surface area (Å²) in [6, 6.07) is 16.0. The van der Waals surface area contributed by atoms with Crippen LogP contribution in [0.4, 0.5) is 0 Å². The van der Waals surface area contributed by atoms with E-state index < -0.39 is 0 Å². The fourth-order valence-electron chi connectivity index (χ4n) is 2.39. The molecule has 1 amide bonds. The maximum Gasteiger partial charge on any atom is 0.271 e. The monoisotopic (exact) mass is 322 g/mol. The van der Waals surface area contributed by atoms with Crippen LogP contribution in [0.1, 0.15) is 16.1 Å². The van der Waals surface area contributed by atoms with Gasteiger partial charge in [-0.25, -0.2) is 4.68 Å². The van der Waals surface area contributed by atoms with E-state index in [-0.39, 0.29) is 5.91 Å². The van der Waals surface area contributed by atoms with Gasteiger partial charge < -0.3 is 10.1 Å². The number of methoxy groups -OCH3 is 1. The van der Waals surface area contributed by atoms with Crippen LogP contribution in [0, 0.1) is 0 Å². The number of hydrogen-bond acceptors (Lipinski definition) is 4. The van der Waals surface area contributed by atoms with Gasteiger partial charge >= 0.3 is 0 Å². The number of rotatable bonds is 5. The Morgan fingerprint density at radius 3 is 2.62 bits per heavy atom. The first-order chi connectivity index (χ1) is 11.7. The summed E-state index contributed by atoms with van der Waals surface area (Å²) in [6.45, 7) is 0.447. The van der Waals surface area contributed by atoms with Crippen LogP contribution in [0.15, 0.2) is 54.7 Å². The van der Waals surface area contributed by atoms with Crippen molar-refractivity contribution in [3.63, 3.8) is 0 Å². The highest BCUT2D eigenvalue weighted by Crippen LogP contribution is 2.24. The van der Waals surface area contributed by atoms with Crippen LogP contribution >= 0.6 is 0 Å². The maximum absolute atomic E-state index is 12.0. The van der Waals surface area contributed by atoms with Crippen molar-refractivity contribution in [3.05, 3.63) is 66.0 Å². The number of nitrogens with one attached hydrogen (secondary N) is 1. The van der Waals surface area contributed by atoms with Crippen molar-refractivity contribution in [2.24, 2.45) is 7.05 Å². The molecule has 0 bridgehead atoms. The van der Waals surface area contributed by atoms with Gasteiger partial charge in [0.15, 0.2) is 0 Å². The van der Waals surface area contributed by atoms with Gasteiger partial charge in [0, 0.05) is 13.6 Å². The van der Waals surface area contributed by atoms with E-state index >= 15 is 0 Å². The predicted molar refractivity (Wildman–Crippen MR) is 90.6 cm³/mol. The van der Waals surface area contributed by atoms with Crippen LogP contribution < -0.4 is 10.1 Å². The molecule has 0 saturated heterocycles. The Labute approximate surface area is 140 Å². The summed E-state index contributed by atoms with van der Waals surface area (Å²) in [6.07, 6.45) is 1.45. The second-order valence-corrected chi connectivity index (χ2v) is 5.35. The summed E-state index contributed by atoms with van der Waals surface area (Å²) in [5.41, 5.74) is 3.64. The Morgan fingerprint density at radius 2 is 1.96 bits per heavy atom. The quantitative estimate of drug-likeness (QED) is 0.783. The lowest BCUT2D eigenvalue weighted by Crippen LogP contribution is -2.25. The zero-order valence-electron chi connectivity index (χ0n) is 13.6. The van der Waals surface area contributed by atoms with Gasteiger partial charge in [-0.2, -0.15) is 0 Å². The fourth-order valence-corrected chi connectivity index (χ4v) is 2.39. The van der Waals surface area contributed by atoms with E-state index in [4.69, 9.17) is 4.74 Å². The highest BCUT2D eigenvalue weighted by molar-refractivity contribution is 5.92. The first kappa shape index (κ1) is 15.7. The minimum atomic E-state index is -0.195. The van der Waals surface area contributed by atoms with Crippen molar-refractivity contribution >= 4 is 5.91 Å². The summed E-state index contributed by atoms with van der Waals surface area (Å²) >= 11 is 0. The van der Waals surface area contributed by atoms with E-state index in [1.165, 1.54) is 10.9 Å². The first-order valence-electron chi connectivity index (χ1n) is 7.53. The SMILES string of the molecule is COc1cccc(-c2ccc(CNC(=O)c3cnnn3C)cc2)c1. The molecule has 122 valence electrons. The third-order valence-corrected chi connectivity index (χ3v) is 3.76. The Kier molecular flexibility index (Phi) is 4.56. The Bertz CT molecular complexity index is 840. The molecule has 1 N–H and O–H groups in total. The summed E-state index contributed by atoms with van der Waals surface area (Å²) < 4.78 is 6.70. The molecule has 0 radical (unpaired) electrons. The molecule has 3 aromatic rings. The van der Waals surface area contributed by atoms with E-state index in [0.29, 0.717) is 12.2 Å². The number of aryl methyl sites for hydroxylation is 1. The molecule has 0 unspecified atom stereocenters. The molecule has 3 rings (SSSR count). The van der Waals surface area contributed by atoms with Crippen LogP contribution in [0.2, 0.25) is 0 Å². The van der Waals surface area contributed by atoms with Gasteiger partial charge in [0.2, 0.25) is 0 Å². The van der Waals surface area contributed by atoms with Gasteiger partial charge in [-0.1, -0.05) is 41.6 Å². The molecular formula is C18H18N4O2. The third kappa shape index (κ3) is 3.43. The number of hydrogen-bond donors (Lipinski definition) is 1. The molecule has 0 saturated carbocycles.